The van der Waals surface area contributed by atoms with Crippen molar-refractivity contribution in [1.82, 2.24) is 0 Å². The van der Waals surface area contributed by atoms with Crippen LogP contribution in [-0.4, -0.2) is 25.1 Å². The molecule has 2 aromatic rings. The Kier molecular flexibility index (Phi) is 6.47. The Morgan fingerprint density at radius 1 is 0.926 bits per heavy atom. The van der Waals surface area contributed by atoms with Crippen LogP contribution < -0.4 is 10.6 Å². The molecule has 0 aliphatic heterocycles. The van der Waals surface area contributed by atoms with Crippen molar-refractivity contribution in [1.29, 1.82) is 0 Å². The molecule has 6 nitrogen and oxygen atoms in total. The van der Waals surface area contributed by atoms with E-state index in [1.165, 1.54) is 0 Å². The van der Waals surface area contributed by atoms with Gasteiger partial charge < -0.3 is 15.5 Å². The van der Waals surface area contributed by atoms with Gasteiger partial charge in [0.15, 0.2) is 5.92 Å². The van der Waals surface area contributed by atoms with E-state index in [1.54, 1.807) is 0 Å². The Morgan fingerprint density at radius 3 is 1.74 bits per heavy atom. The third kappa shape index (κ3) is 5.27. The van der Waals surface area contributed by atoms with Crippen molar-refractivity contribution in [3.8, 4) is 0 Å². The van der Waals surface area contributed by atoms with Crippen LogP contribution in [0.1, 0.15) is 0 Å². The van der Waals surface area contributed by atoms with Gasteiger partial charge in [0.05, 0.1) is 17.6 Å². The fourth-order valence-corrected chi connectivity index (χ4v) is 1.98. The van der Waals surface area contributed by atoms with Crippen LogP contribution in [0.4, 0.5) is 28.9 Å². The number of halogens is 4. The zero-order valence-electron chi connectivity index (χ0n) is 13.8. The lowest BCUT2D eigenvalue weighted by Crippen LogP contribution is -2.35. The van der Waals surface area contributed by atoms with E-state index in [0.717, 1.165) is 37.6 Å². The molecule has 0 aromatic heterocycles. The minimum Gasteiger partial charge on any atom is -0.399 e. The number of rotatable bonds is 6. The Morgan fingerprint density at radius 2 is 1.37 bits per heavy atom. The molecule has 0 aliphatic rings. The number of carbonyl (C=O) groups is 2. The smallest absolute Gasteiger partial charge is 0.242 e. The molecule has 142 valence electrons. The van der Waals surface area contributed by atoms with Crippen molar-refractivity contribution in [3.05, 3.63) is 59.7 Å². The second-order valence-electron chi connectivity index (χ2n) is 5.14. The summed E-state index contributed by atoms with van der Waals surface area (Å²) in [5, 5.41) is 7.51. The molecular formula is C17H13F4N3O3. The molecule has 27 heavy (non-hydrogen) atoms. The Labute approximate surface area is 150 Å². The average molecular weight is 383 g/mol. The number of hydrogen-bond donors (Lipinski definition) is 2. The van der Waals surface area contributed by atoms with Gasteiger partial charge in [0, 0.05) is 12.1 Å². The number of benzene rings is 2. The highest BCUT2D eigenvalue weighted by Crippen LogP contribution is 2.18. The predicted molar refractivity (Wildman–Crippen MR) is 89.0 cm³/mol. The minimum atomic E-state index is -1.65. The SMILES string of the molecule is CO/N=C\C(C(=O)Nc1ccc(F)cc1F)C(=O)Nc1ccc(F)cc1F. The van der Waals surface area contributed by atoms with Crippen LogP contribution in [0.3, 0.4) is 0 Å². The van der Waals surface area contributed by atoms with Crippen molar-refractivity contribution in [2.24, 2.45) is 11.1 Å². The zero-order valence-corrected chi connectivity index (χ0v) is 13.8. The van der Waals surface area contributed by atoms with Gasteiger partial charge in [-0.15, -0.1) is 0 Å². The zero-order chi connectivity index (χ0) is 20.0. The van der Waals surface area contributed by atoms with Crippen LogP contribution in [-0.2, 0) is 14.4 Å². The van der Waals surface area contributed by atoms with Crippen molar-refractivity contribution in [2.45, 2.75) is 0 Å². The molecule has 2 aromatic carbocycles. The maximum Gasteiger partial charge on any atom is 0.242 e. The van der Waals surface area contributed by atoms with Crippen LogP contribution in [0.15, 0.2) is 41.6 Å². The van der Waals surface area contributed by atoms with Crippen LogP contribution in [0.25, 0.3) is 0 Å². The number of oxime groups is 1. The van der Waals surface area contributed by atoms with E-state index in [1.807, 2.05) is 0 Å². The molecule has 0 saturated heterocycles. The van der Waals surface area contributed by atoms with Crippen molar-refractivity contribution >= 4 is 29.4 Å². The van der Waals surface area contributed by atoms with Crippen LogP contribution in [0, 0.1) is 29.2 Å². The van der Waals surface area contributed by atoms with Gasteiger partial charge in [0.25, 0.3) is 0 Å². The summed E-state index contributed by atoms with van der Waals surface area (Å²) in [4.78, 5) is 29.0. The molecule has 0 spiro atoms. The second-order valence-corrected chi connectivity index (χ2v) is 5.14. The Bertz CT molecular complexity index is 824. The molecule has 0 aliphatic carbocycles. The van der Waals surface area contributed by atoms with Crippen molar-refractivity contribution < 1.29 is 32.0 Å². The van der Waals surface area contributed by atoms with E-state index in [9.17, 15) is 27.2 Å². The summed E-state index contributed by atoms with van der Waals surface area (Å²) in [5.41, 5.74) is -0.754. The lowest BCUT2D eigenvalue weighted by atomic mass is 10.1. The Hall–Kier alpha value is -3.43. The number of hydrogen-bond acceptors (Lipinski definition) is 4. The van der Waals surface area contributed by atoms with Gasteiger partial charge >= 0.3 is 0 Å². The molecule has 2 rings (SSSR count). The molecule has 10 heteroatoms. The van der Waals surface area contributed by atoms with Gasteiger partial charge in [-0.05, 0) is 24.3 Å². The minimum absolute atomic E-state index is 0.377. The number of nitrogens with one attached hydrogen (secondary N) is 2. The molecule has 0 atom stereocenters. The second kappa shape index (κ2) is 8.79. The van der Waals surface area contributed by atoms with E-state index in [-0.39, 0.29) is 11.4 Å². The van der Waals surface area contributed by atoms with E-state index in [0.29, 0.717) is 12.1 Å². The van der Waals surface area contributed by atoms with Gasteiger partial charge in [0.2, 0.25) is 11.8 Å². The summed E-state index contributed by atoms with van der Waals surface area (Å²) >= 11 is 0. The van der Waals surface area contributed by atoms with E-state index in [4.69, 9.17) is 0 Å². The highest BCUT2D eigenvalue weighted by molar-refractivity contribution is 6.20. The molecule has 0 radical (unpaired) electrons. The number of nitrogens with zero attached hydrogens (tertiary/aromatic N) is 1. The summed E-state index contributed by atoms with van der Waals surface area (Å²) in [6, 6.07) is 4.83. The summed E-state index contributed by atoms with van der Waals surface area (Å²) in [6.07, 6.45) is 0.799. The lowest BCUT2D eigenvalue weighted by molar-refractivity contribution is -0.126. The molecule has 2 N–H and O–H groups in total. The highest BCUT2D eigenvalue weighted by atomic mass is 19.1. The molecule has 0 fully saturated rings. The van der Waals surface area contributed by atoms with Crippen LogP contribution in [0.5, 0.6) is 0 Å². The molecule has 2 amide bonds. The third-order valence-electron chi connectivity index (χ3n) is 3.26. The van der Waals surface area contributed by atoms with Gasteiger partial charge in [-0.25, -0.2) is 17.6 Å². The maximum absolute atomic E-state index is 13.7. The quantitative estimate of drug-likeness (QED) is 0.348. The van der Waals surface area contributed by atoms with Gasteiger partial charge in [-0.2, -0.15) is 0 Å². The topological polar surface area (TPSA) is 79.8 Å². The molecule has 0 saturated carbocycles. The number of anilines is 2. The molecule has 0 heterocycles. The molecular weight excluding hydrogens is 370 g/mol. The first-order valence-electron chi connectivity index (χ1n) is 7.40. The fraction of sp³-hybridized carbons (Fsp3) is 0.118. The molecule has 0 bridgehead atoms. The van der Waals surface area contributed by atoms with Gasteiger partial charge in [-0.1, -0.05) is 5.16 Å². The van der Waals surface area contributed by atoms with Crippen LogP contribution in [0.2, 0.25) is 0 Å². The average Bonchev–Trinajstić information content (AvgIpc) is 2.60. The maximum atomic E-state index is 13.7. The first-order valence-corrected chi connectivity index (χ1v) is 7.40. The van der Waals surface area contributed by atoms with E-state index < -0.39 is 41.0 Å². The number of amides is 2. The van der Waals surface area contributed by atoms with E-state index in [2.05, 4.69) is 20.6 Å². The lowest BCUT2D eigenvalue weighted by Gasteiger charge is -2.14. The summed E-state index contributed by atoms with van der Waals surface area (Å²) in [5.74, 6) is -7.56. The summed E-state index contributed by atoms with van der Waals surface area (Å²) in [7, 11) is 1.16. The fourth-order valence-electron chi connectivity index (χ4n) is 1.98. The van der Waals surface area contributed by atoms with Gasteiger partial charge in [0.1, 0.15) is 30.4 Å². The molecule has 0 unspecified atom stereocenters. The predicted octanol–water partition coefficient (Wildman–Crippen LogP) is 3.07. The van der Waals surface area contributed by atoms with E-state index >= 15 is 0 Å². The first-order chi connectivity index (χ1) is 12.8. The van der Waals surface area contributed by atoms with Crippen LogP contribution >= 0.6 is 0 Å². The largest absolute Gasteiger partial charge is 0.399 e. The summed E-state index contributed by atoms with van der Waals surface area (Å²) < 4.78 is 53.2. The number of carbonyl (C=O) groups excluding carboxylic acids is 2. The third-order valence-corrected chi connectivity index (χ3v) is 3.26. The Balaban J connectivity index is 2.21. The monoisotopic (exact) mass is 383 g/mol. The van der Waals surface area contributed by atoms with Gasteiger partial charge in [-0.3, -0.25) is 9.59 Å². The normalized spacial score (nSPS) is 10.9. The van der Waals surface area contributed by atoms with Crippen molar-refractivity contribution in [3.63, 3.8) is 0 Å². The van der Waals surface area contributed by atoms with Crippen molar-refractivity contribution in [2.75, 3.05) is 17.7 Å². The first kappa shape index (κ1) is 19.9. The standard InChI is InChI=1S/C17H13F4N3O3/c1-27-22-8-11(16(25)23-14-4-2-9(18)6-12(14)20)17(26)24-15-5-3-10(19)7-13(15)21/h2-8,11H,1H3,(H,23,25)(H,24,26)/b22-8-. The summed E-state index contributed by atoms with van der Waals surface area (Å²) in [6.45, 7) is 0. The highest BCUT2D eigenvalue weighted by Gasteiger charge is 2.27.